The third kappa shape index (κ3) is 4.82. The van der Waals surface area contributed by atoms with Gasteiger partial charge in [-0.3, -0.25) is 0 Å². The monoisotopic (exact) mass is 257 g/mol. The quantitative estimate of drug-likeness (QED) is 0.686. The number of carbonyl (C=O) groups excluding carboxylic acids is 1. The molecule has 1 heterocycles. The van der Waals surface area contributed by atoms with Gasteiger partial charge in [-0.05, 0) is 45.8 Å². The Morgan fingerprint density at radius 2 is 1.89 bits per heavy atom. The van der Waals surface area contributed by atoms with Crippen LogP contribution in [-0.4, -0.2) is 54.4 Å². The zero-order valence-electron chi connectivity index (χ0n) is 11.8. The molecular formula is C13H27N3O2. The predicted octanol–water partition coefficient (Wildman–Crippen LogP) is 0.931. The number of amides is 2. The van der Waals surface area contributed by atoms with Gasteiger partial charge < -0.3 is 20.6 Å². The number of hydrogen-bond acceptors (Lipinski definition) is 3. The molecule has 1 fully saturated rings. The van der Waals surface area contributed by atoms with Crippen LogP contribution in [0.15, 0.2) is 0 Å². The van der Waals surface area contributed by atoms with Crippen molar-refractivity contribution in [2.24, 2.45) is 0 Å². The smallest absolute Gasteiger partial charge is 0.315 e. The highest BCUT2D eigenvalue weighted by Crippen LogP contribution is 2.13. The standard InChI is InChI=1S/C13H27N3O2/c1-4-13(18,5-2)10-14-12(17)15-11-6-8-16(3)9-7-11/h11,18H,4-10H2,1-3H3,(H2,14,15,17). The molecule has 106 valence electrons. The first kappa shape index (κ1) is 15.2. The van der Waals surface area contributed by atoms with E-state index in [9.17, 15) is 9.90 Å². The molecule has 0 unspecified atom stereocenters. The van der Waals surface area contributed by atoms with Crippen molar-refractivity contribution in [2.75, 3.05) is 26.7 Å². The molecule has 0 atom stereocenters. The van der Waals surface area contributed by atoms with Crippen molar-refractivity contribution >= 4 is 6.03 Å². The lowest BCUT2D eigenvalue weighted by atomic mass is 9.98. The van der Waals surface area contributed by atoms with Crippen molar-refractivity contribution in [3.8, 4) is 0 Å². The van der Waals surface area contributed by atoms with E-state index in [1.807, 2.05) is 13.8 Å². The summed E-state index contributed by atoms with van der Waals surface area (Å²) < 4.78 is 0. The zero-order valence-corrected chi connectivity index (χ0v) is 11.8. The number of hydrogen-bond donors (Lipinski definition) is 3. The lowest BCUT2D eigenvalue weighted by molar-refractivity contribution is 0.0348. The molecule has 1 saturated heterocycles. The summed E-state index contributed by atoms with van der Waals surface area (Å²) in [5.74, 6) is 0. The predicted molar refractivity (Wildman–Crippen MR) is 72.6 cm³/mol. The highest BCUT2D eigenvalue weighted by Gasteiger charge is 2.24. The molecule has 0 aromatic rings. The van der Waals surface area contributed by atoms with Gasteiger partial charge in [0.25, 0.3) is 0 Å². The van der Waals surface area contributed by atoms with E-state index < -0.39 is 5.60 Å². The van der Waals surface area contributed by atoms with Crippen molar-refractivity contribution in [1.82, 2.24) is 15.5 Å². The van der Waals surface area contributed by atoms with Crippen LogP contribution >= 0.6 is 0 Å². The average molecular weight is 257 g/mol. The number of likely N-dealkylation sites (tertiary alicyclic amines) is 1. The van der Waals surface area contributed by atoms with E-state index >= 15 is 0 Å². The summed E-state index contributed by atoms with van der Waals surface area (Å²) >= 11 is 0. The molecule has 1 aliphatic heterocycles. The van der Waals surface area contributed by atoms with E-state index in [0.717, 1.165) is 25.9 Å². The second kappa shape index (κ2) is 6.95. The van der Waals surface area contributed by atoms with Gasteiger partial charge in [0.1, 0.15) is 0 Å². The van der Waals surface area contributed by atoms with Gasteiger partial charge in [-0.1, -0.05) is 13.8 Å². The largest absolute Gasteiger partial charge is 0.388 e. The summed E-state index contributed by atoms with van der Waals surface area (Å²) in [6.45, 7) is 6.23. The minimum absolute atomic E-state index is 0.162. The molecule has 0 radical (unpaired) electrons. The van der Waals surface area contributed by atoms with Crippen molar-refractivity contribution in [1.29, 1.82) is 0 Å². The summed E-state index contributed by atoms with van der Waals surface area (Å²) in [4.78, 5) is 14.0. The molecule has 5 nitrogen and oxygen atoms in total. The topological polar surface area (TPSA) is 64.6 Å². The third-order valence-corrected chi connectivity index (χ3v) is 3.95. The highest BCUT2D eigenvalue weighted by atomic mass is 16.3. The summed E-state index contributed by atoms with van der Waals surface area (Å²) in [5, 5.41) is 15.8. The molecule has 0 aromatic carbocycles. The number of nitrogens with zero attached hydrogens (tertiary/aromatic N) is 1. The zero-order chi connectivity index (χ0) is 13.6. The Morgan fingerprint density at radius 1 is 1.33 bits per heavy atom. The van der Waals surface area contributed by atoms with Gasteiger partial charge in [-0.25, -0.2) is 4.79 Å². The second-order valence-corrected chi connectivity index (χ2v) is 5.34. The van der Waals surface area contributed by atoms with Crippen LogP contribution in [0.5, 0.6) is 0 Å². The van der Waals surface area contributed by atoms with Crippen molar-refractivity contribution < 1.29 is 9.90 Å². The van der Waals surface area contributed by atoms with Crippen LogP contribution in [0.3, 0.4) is 0 Å². The molecule has 0 saturated carbocycles. The summed E-state index contributed by atoms with van der Waals surface area (Å²) in [6.07, 6.45) is 3.29. The molecule has 0 spiro atoms. The molecular weight excluding hydrogens is 230 g/mol. The van der Waals surface area contributed by atoms with Gasteiger partial charge in [-0.15, -0.1) is 0 Å². The van der Waals surface area contributed by atoms with Gasteiger partial charge in [0, 0.05) is 12.6 Å². The Kier molecular flexibility index (Phi) is 5.88. The van der Waals surface area contributed by atoms with Gasteiger partial charge in [0.2, 0.25) is 0 Å². The Hall–Kier alpha value is -0.810. The van der Waals surface area contributed by atoms with E-state index in [1.54, 1.807) is 0 Å². The Morgan fingerprint density at radius 3 is 2.39 bits per heavy atom. The molecule has 5 heteroatoms. The van der Waals surface area contributed by atoms with Crippen LogP contribution in [0, 0.1) is 0 Å². The van der Waals surface area contributed by atoms with E-state index in [1.165, 1.54) is 0 Å². The average Bonchev–Trinajstić information content (AvgIpc) is 2.39. The Labute approximate surface area is 110 Å². The van der Waals surface area contributed by atoms with Crippen LogP contribution in [0.2, 0.25) is 0 Å². The lowest BCUT2D eigenvalue weighted by Gasteiger charge is -2.30. The fourth-order valence-corrected chi connectivity index (χ4v) is 2.13. The first-order chi connectivity index (χ1) is 8.49. The fraction of sp³-hybridized carbons (Fsp3) is 0.923. The molecule has 18 heavy (non-hydrogen) atoms. The van der Waals surface area contributed by atoms with Crippen LogP contribution in [0.4, 0.5) is 4.79 Å². The third-order valence-electron chi connectivity index (χ3n) is 3.95. The normalized spacial score (nSPS) is 18.7. The summed E-state index contributed by atoms with van der Waals surface area (Å²) in [7, 11) is 2.10. The summed E-state index contributed by atoms with van der Waals surface area (Å²) in [5.41, 5.74) is -0.774. The molecule has 1 aliphatic rings. The van der Waals surface area contributed by atoms with Crippen molar-refractivity contribution in [2.45, 2.75) is 51.2 Å². The van der Waals surface area contributed by atoms with Gasteiger partial charge in [-0.2, -0.15) is 0 Å². The number of carbonyl (C=O) groups is 1. The first-order valence-corrected chi connectivity index (χ1v) is 6.94. The fourth-order valence-electron chi connectivity index (χ4n) is 2.13. The van der Waals surface area contributed by atoms with E-state index in [0.29, 0.717) is 19.4 Å². The second-order valence-electron chi connectivity index (χ2n) is 5.34. The minimum atomic E-state index is -0.774. The molecule has 0 aromatic heterocycles. The van der Waals surface area contributed by atoms with Crippen molar-refractivity contribution in [3.63, 3.8) is 0 Å². The Bertz CT molecular complexity index is 259. The molecule has 0 bridgehead atoms. The maximum atomic E-state index is 11.7. The number of rotatable bonds is 5. The minimum Gasteiger partial charge on any atom is -0.388 e. The Balaban J connectivity index is 2.25. The van der Waals surface area contributed by atoms with E-state index in [4.69, 9.17) is 0 Å². The number of urea groups is 1. The van der Waals surface area contributed by atoms with Crippen molar-refractivity contribution in [3.05, 3.63) is 0 Å². The van der Waals surface area contributed by atoms with Crippen LogP contribution in [-0.2, 0) is 0 Å². The molecule has 3 N–H and O–H groups in total. The van der Waals surface area contributed by atoms with Gasteiger partial charge in [0.05, 0.1) is 5.60 Å². The number of aliphatic hydroxyl groups is 1. The first-order valence-electron chi connectivity index (χ1n) is 6.94. The lowest BCUT2D eigenvalue weighted by Crippen LogP contribution is -2.50. The maximum Gasteiger partial charge on any atom is 0.315 e. The maximum absolute atomic E-state index is 11.7. The summed E-state index contributed by atoms with van der Waals surface area (Å²) in [6, 6.07) is 0.0995. The molecule has 1 rings (SSSR count). The molecule has 2 amide bonds. The van der Waals surface area contributed by atoms with Crippen LogP contribution in [0.1, 0.15) is 39.5 Å². The van der Waals surface area contributed by atoms with Gasteiger partial charge >= 0.3 is 6.03 Å². The molecule has 0 aliphatic carbocycles. The highest BCUT2D eigenvalue weighted by molar-refractivity contribution is 5.74. The van der Waals surface area contributed by atoms with Crippen LogP contribution < -0.4 is 10.6 Å². The van der Waals surface area contributed by atoms with Gasteiger partial charge in [0.15, 0.2) is 0 Å². The van der Waals surface area contributed by atoms with E-state index in [2.05, 4.69) is 22.6 Å². The van der Waals surface area contributed by atoms with Crippen LogP contribution in [0.25, 0.3) is 0 Å². The SMILES string of the molecule is CCC(O)(CC)CNC(=O)NC1CCN(C)CC1. The number of nitrogens with one attached hydrogen (secondary N) is 2. The number of piperidine rings is 1. The van der Waals surface area contributed by atoms with E-state index in [-0.39, 0.29) is 12.1 Å².